The van der Waals surface area contributed by atoms with Gasteiger partial charge in [0.15, 0.2) is 0 Å². The summed E-state index contributed by atoms with van der Waals surface area (Å²) >= 11 is 0. The molecule has 1 atom stereocenters. The molecule has 2 saturated heterocycles. The summed E-state index contributed by atoms with van der Waals surface area (Å²) in [6, 6.07) is 0. The normalized spacial score (nSPS) is 25.7. The van der Waals surface area contributed by atoms with E-state index in [1.54, 1.807) is 0 Å². The van der Waals surface area contributed by atoms with E-state index >= 15 is 0 Å². The second kappa shape index (κ2) is 7.43. The van der Waals surface area contributed by atoms with Crippen LogP contribution in [0.5, 0.6) is 0 Å². The Bertz CT molecular complexity index is 223. The zero-order valence-corrected chi connectivity index (χ0v) is 11.9. The van der Waals surface area contributed by atoms with E-state index in [1.165, 1.54) is 52.1 Å². The first-order valence-corrected chi connectivity index (χ1v) is 7.63. The van der Waals surface area contributed by atoms with E-state index < -0.39 is 0 Å². The minimum absolute atomic E-state index is 0.138. The van der Waals surface area contributed by atoms with E-state index in [0.29, 0.717) is 0 Å². The van der Waals surface area contributed by atoms with Gasteiger partial charge in [0, 0.05) is 45.8 Å². The number of piperazine rings is 1. The molecule has 0 aromatic rings. The highest BCUT2D eigenvalue weighted by atomic mass is 16.3. The SMILES string of the molecule is CCC(O)CN1CCN(CCN2CCCC2)CC1. The van der Waals surface area contributed by atoms with Gasteiger partial charge < -0.3 is 10.0 Å². The molecule has 0 saturated carbocycles. The van der Waals surface area contributed by atoms with Gasteiger partial charge in [0.1, 0.15) is 0 Å². The molecule has 0 radical (unpaired) electrons. The van der Waals surface area contributed by atoms with Gasteiger partial charge in [0.2, 0.25) is 0 Å². The van der Waals surface area contributed by atoms with Crippen LogP contribution in [-0.4, -0.2) is 84.8 Å². The van der Waals surface area contributed by atoms with Crippen molar-refractivity contribution in [1.29, 1.82) is 0 Å². The number of rotatable bonds is 6. The van der Waals surface area contributed by atoms with Crippen LogP contribution >= 0.6 is 0 Å². The van der Waals surface area contributed by atoms with Crippen LogP contribution in [0.3, 0.4) is 0 Å². The molecule has 2 rings (SSSR count). The summed E-state index contributed by atoms with van der Waals surface area (Å²) in [5.74, 6) is 0. The van der Waals surface area contributed by atoms with Gasteiger partial charge >= 0.3 is 0 Å². The van der Waals surface area contributed by atoms with Crippen LogP contribution in [0.1, 0.15) is 26.2 Å². The molecule has 0 bridgehead atoms. The van der Waals surface area contributed by atoms with Crippen molar-refractivity contribution in [2.45, 2.75) is 32.3 Å². The van der Waals surface area contributed by atoms with Crippen LogP contribution in [0.15, 0.2) is 0 Å². The Morgan fingerprint density at radius 3 is 1.89 bits per heavy atom. The van der Waals surface area contributed by atoms with Crippen molar-refractivity contribution >= 4 is 0 Å². The summed E-state index contributed by atoms with van der Waals surface area (Å²) in [4.78, 5) is 7.57. The maximum atomic E-state index is 9.66. The minimum Gasteiger partial charge on any atom is -0.392 e. The van der Waals surface area contributed by atoms with Crippen molar-refractivity contribution in [3.8, 4) is 0 Å². The minimum atomic E-state index is -0.138. The van der Waals surface area contributed by atoms with Crippen molar-refractivity contribution < 1.29 is 5.11 Å². The molecule has 1 unspecified atom stereocenters. The Hall–Kier alpha value is -0.160. The standard InChI is InChI=1S/C14H29N3O/c1-2-14(18)13-17-11-9-16(10-12-17)8-7-15-5-3-4-6-15/h14,18H,2-13H2,1H3. The van der Waals surface area contributed by atoms with Crippen molar-refractivity contribution in [2.24, 2.45) is 0 Å². The molecule has 4 heteroatoms. The molecule has 1 N–H and O–H groups in total. The van der Waals surface area contributed by atoms with Crippen LogP contribution in [-0.2, 0) is 0 Å². The highest BCUT2D eigenvalue weighted by molar-refractivity contribution is 4.75. The molecule has 106 valence electrons. The molecule has 2 aliphatic heterocycles. The van der Waals surface area contributed by atoms with E-state index in [-0.39, 0.29) is 6.10 Å². The lowest BCUT2D eigenvalue weighted by Crippen LogP contribution is -2.49. The van der Waals surface area contributed by atoms with Crippen LogP contribution in [0.4, 0.5) is 0 Å². The van der Waals surface area contributed by atoms with E-state index in [0.717, 1.165) is 26.1 Å². The third-order valence-corrected chi connectivity index (χ3v) is 4.34. The van der Waals surface area contributed by atoms with Gasteiger partial charge in [-0.3, -0.25) is 9.80 Å². The lowest BCUT2D eigenvalue weighted by molar-refractivity contribution is 0.0682. The molecule has 0 aliphatic carbocycles. The number of likely N-dealkylation sites (tertiary alicyclic amines) is 1. The largest absolute Gasteiger partial charge is 0.392 e. The average molecular weight is 255 g/mol. The number of hydrogen-bond donors (Lipinski definition) is 1. The first-order chi connectivity index (χ1) is 8.78. The number of hydrogen-bond acceptors (Lipinski definition) is 4. The highest BCUT2D eigenvalue weighted by Crippen LogP contribution is 2.08. The molecular weight excluding hydrogens is 226 g/mol. The van der Waals surface area contributed by atoms with Crippen molar-refractivity contribution in [1.82, 2.24) is 14.7 Å². The van der Waals surface area contributed by atoms with Gasteiger partial charge in [0.25, 0.3) is 0 Å². The second-order valence-electron chi connectivity index (χ2n) is 5.75. The Kier molecular flexibility index (Phi) is 5.89. The van der Waals surface area contributed by atoms with Crippen molar-refractivity contribution in [2.75, 3.05) is 58.9 Å². The maximum absolute atomic E-state index is 9.66. The molecule has 0 aromatic carbocycles. The molecule has 0 amide bonds. The molecule has 2 aliphatic rings. The fourth-order valence-corrected chi connectivity index (χ4v) is 2.91. The van der Waals surface area contributed by atoms with Gasteiger partial charge in [0.05, 0.1) is 6.10 Å². The molecule has 2 heterocycles. The maximum Gasteiger partial charge on any atom is 0.0664 e. The average Bonchev–Trinajstić information content (AvgIpc) is 2.91. The van der Waals surface area contributed by atoms with Crippen LogP contribution < -0.4 is 0 Å². The van der Waals surface area contributed by atoms with Gasteiger partial charge in [-0.05, 0) is 32.4 Å². The molecule has 2 fully saturated rings. The zero-order chi connectivity index (χ0) is 12.8. The van der Waals surface area contributed by atoms with Crippen LogP contribution in [0.25, 0.3) is 0 Å². The van der Waals surface area contributed by atoms with Crippen molar-refractivity contribution in [3.05, 3.63) is 0 Å². The van der Waals surface area contributed by atoms with E-state index in [1.807, 2.05) is 0 Å². The zero-order valence-electron chi connectivity index (χ0n) is 11.9. The summed E-state index contributed by atoms with van der Waals surface area (Å²) in [6.07, 6.45) is 3.52. The topological polar surface area (TPSA) is 30.0 Å². The number of β-amino-alcohol motifs (C(OH)–C–C–N with tert-alkyl or cyclic N) is 1. The molecular formula is C14H29N3O. The quantitative estimate of drug-likeness (QED) is 0.747. The predicted octanol–water partition coefficient (Wildman–Crippen LogP) is 0.471. The third kappa shape index (κ3) is 4.50. The molecule has 4 nitrogen and oxygen atoms in total. The second-order valence-corrected chi connectivity index (χ2v) is 5.75. The Morgan fingerprint density at radius 1 is 0.833 bits per heavy atom. The Balaban J connectivity index is 1.58. The monoisotopic (exact) mass is 255 g/mol. The lowest BCUT2D eigenvalue weighted by atomic mass is 10.2. The number of nitrogens with zero attached hydrogens (tertiary/aromatic N) is 3. The lowest BCUT2D eigenvalue weighted by Gasteiger charge is -2.36. The first-order valence-electron chi connectivity index (χ1n) is 7.63. The smallest absolute Gasteiger partial charge is 0.0664 e. The van der Waals surface area contributed by atoms with Gasteiger partial charge in [-0.1, -0.05) is 6.92 Å². The summed E-state index contributed by atoms with van der Waals surface area (Å²) in [5.41, 5.74) is 0. The third-order valence-electron chi connectivity index (χ3n) is 4.34. The van der Waals surface area contributed by atoms with E-state index in [4.69, 9.17) is 0 Å². The highest BCUT2D eigenvalue weighted by Gasteiger charge is 2.19. The van der Waals surface area contributed by atoms with Crippen LogP contribution in [0.2, 0.25) is 0 Å². The first kappa shape index (κ1) is 14.3. The molecule has 18 heavy (non-hydrogen) atoms. The van der Waals surface area contributed by atoms with E-state index in [2.05, 4.69) is 21.6 Å². The Labute approximate surface area is 112 Å². The number of aliphatic hydroxyl groups excluding tert-OH is 1. The van der Waals surface area contributed by atoms with Gasteiger partial charge in [-0.25, -0.2) is 0 Å². The summed E-state index contributed by atoms with van der Waals surface area (Å²) < 4.78 is 0. The fraction of sp³-hybridized carbons (Fsp3) is 1.00. The van der Waals surface area contributed by atoms with E-state index in [9.17, 15) is 5.11 Å². The van der Waals surface area contributed by atoms with Gasteiger partial charge in [-0.15, -0.1) is 0 Å². The predicted molar refractivity (Wildman–Crippen MR) is 74.9 cm³/mol. The summed E-state index contributed by atoms with van der Waals surface area (Å²) in [5, 5.41) is 9.66. The summed E-state index contributed by atoms with van der Waals surface area (Å²) in [7, 11) is 0. The van der Waals surface area contributed by atoms with Crippen LogP contribution in [0, 0.1) is 0 Å². The molecule has 0 spiro atoms. The summed E-state index contributed by atoms with van der Waals surface area (Å²) in [6.45, 7) is 12.6. The van der Waals surface area contributed by atoms with Gasteiger partial charge in [-0.2, -0.15) is 0 Å². The number of aliphatic hydroxyl groups is 1. The van der Waals surface area contributed by atoms with Crippen molar-refractivity contribution in [3.63, 3.8) is 0 Å². The molecule has 0 aromatic heterocycles. The fourth-order valence-electron chi connectivity index (χ4n) is 2.91. The Morgan fingerprint density at radius 2 is 1.33 bits per heavy atom.